The fourth-order valence-electron chi connectivity index (χ4n) is 6.36. The number of aromatic hydroxyl groups is 1. The van der Waals surface area contributed by atoms with E-state index in [2.05, 4.69) is 0 Å². The average molecular weight is 743 g/mol. The Morgan fingerprint density at radius 2 is 1.23 bits per heavy atom. The van der Waals surface area contributed by atoms with Gasteiger partial charge in [-0.15, -0.1) is 0 Å². The summed E-state index contributed by atoms with van der Waals surface area (Å²) >= 11 is 0. The van der Waals surface area contributed by atoms with Gasteiger partial charge in [-0.05, 0) is 24.6 Å². The van der Waals surface area contributed by atoms with E-state index in [4.69, 9.17) is 33.2 Å². The van der Waals surface area contributed by atoms with Gasteiger partial charge in [-0.1, -0.05) is 12.1 Å². The molecular formula is C33H42O19. The molecule has 4 aliphatic heterocycles. The molecule has 0 saturated carbocycles. The maximum absolute atomic E-state index is 13.1. The number of phenols is 1. The number of benzene rings is 2. The summed E-state index contributed by atoms with van der Waals surface area (Å²) in [7, 11) is 0. The lowest BCUT2D eigenvalue weighted by molar-refractivity contribution is -0.318. The predicted molar refractivity (Wildman–Crippen MR) is 167 cm³/mol. The molecule has 3 fully saturated rings. The molecular weight excluding hydrogens is 700 g/mol. The minimum Gasteiger partial charge on any atom is -0.507 e. The highest BCUT2D eigenvalue weighted by Crippen LogP contribution is 2.43. The number of fused-ring (bicyclic) bond motifs is 1. The summed E-state index contributed by atoms with van der Waals surface area (Å²) in [5.74, 6) is -1.04. The maximum atomic E-state index is 13.1. The molecule has 4 heterocycles. The third-order valence-electron chi connectivity index (χ3n) is 9.48. The van der Waals surface area contributed by atoms with E-state index in [1.54, 1.807) is 12.1 Å². The van der Waals surface area contributed by atoms with Crippen LogP contribution in [0.3, 0.4) is 0 Å². The van der Waals surface area contributed by atoms with Gasteiger partial charge in [0, 0.05) is 12.1 Å². The Hall–Kier alpha value is -3.25. The van der Waals surface area contributed by atoms with Crippen LogP contribution in [0.2, 0.25) is 0 Å². The van der Waals surface area contributed by atoms with Gasteiger partial charge in [0.1, 0.15) is 102 Å². The summed E-state index contributed by atoms with van der Waals surface area (Å²) in [6.45, 7) is 0.293. The van der Waals surface area contributed by atoms with Gasteiger partial charge >= 0.3 is 0 Å². The van der Waals surface area contributed by atoms with E-state index in [9.17, 15) is 61.0 Å². The lowest BCUT2D eigenvalue weighted by Gasteiger charge is -2.42. The Labute approximate surface area is 295 Å². The van der Waals surface area contributed by atoms with Crippen LogP contribution in [0, 0.1) is 0 Å². The van der Waals surface area contributed by atoms with Crippen LogP contribution < -0.4 is 14.2 Å². The molecule has 16 atom stereocenters. The van der Waals surface area contributed by atoms with Gasteiger partial charge in [0.05, 0.1) is 25.7 Å². The molecule has 0 spiro atoms. The minimum atomic E-state index is -1.81. The normalized spacial score (nSPS) is 40.8. The van der Waals surface area contributed by atoms with Crippen molar-refractivity contribution in [1.29, 1.82) is 0 Å². The second-order valence-corrected chi connectivity index (χ2v) is 13.1. The smallest absolute Gasteiger partial charge is 0.229 e. The Morgan fingerprint density at radius 1 is 0.673 bits per heavy atom. The molecule has 0 radical (unpaired) electrons. The minimum absolute atomic E-state index is 0.0815. The van der Waals surface area contributed by atoms with E-state index in [-0.39, 0.29) is 29.2 Å². The largest absolute Gasteiger partial charge is 0.507 e. The summed E-state index contributed by atoms with van der Waals surface area (Å²) in [4.78, 5) is 13.1. The average Bonchev–Trinajstić information content (AvgIpc) is 3.12. The highest BCUT2D eigenvalue weighted by Gasteiger charge is 2.48. The van der Waals surface area contributed by atoms with E-state index in [1.165, 1.54) is 25.1 Å². The first kappa shape index (κ1) is 38.5. The van der Waals surface area contributed by atoms with Gasteiger partial charge < -0.3 is 89.3 Å². The van der Waals surface area contributed by atoms with E-state index in [0.29, 0.717) is 5.56 Å². The molecule has 0 bridgehead atoms. The first-order valence-electron chi connectivity index (χ1n) is 16.5. The molecule has 19 nitrogen and oxygen atoms in total. The summed E-state index contributed by atoms with van der Waals surface area (Å²) in [5.41, 5.74) is 0.367. The van der Waals surface area contributed by atoms with Crippen molar-refractivity contribution in [2.75, 3.05) is 13.2 Å². The van der Waals surface area contributed by atoms with E-state index >= 15 is 0 Å². The quantitative estimate of drug-likeness (QED) is 0.118. The number of ether oxygens (including phenoxy) is 7. The monoisotopic (exact) mass is 742 g/mol. The number of aliphatic hydroxyl groups is 10. The predicted octanol–water partition coefficient (Wildman–Crippen LogP) is -3.69. The van der Waals surface area contributed by atoms with Crippen molar-refractivity contribution in [3.05, 3.63) is 47.5 Å². The van der Waals surface area contributed by atoms with Crippen LogP contribution in [-0.4, -0.2) is 167 Å². The van der Waals surface area contributed by atoms with Crippen LogP contribution in [0.1, 0.15) is 35.4 Å². The summed E-state index contributed by atoms with van der Waals surface area (Å²) in [6, 6.07) is 8.41. The number of carbonyl (C=O) groups is 1. The van der Waals surface area contributed by atoms with Crippen LogP contribution in [-0.2, 0) is 18.9 Å². The Balaban J connectivity index is 1.12. The highest BCUT2D eigenvalue weighted by molar-refractivity contribution is 6.02. The van der Waals surface area contributed by atoms with Crippen LogP contribution in [0.25, 0.3) is 0 Å². The molecule has 2 aromatic rings. The van der Waals surface area contributed by atoms with Crippen molar-refractivity contribution in [3.63, 3.8) is 0 Å². The Kier molecular flexibility index (Phi) is 11.6. The number of hydrogen-bond donors (Lipinski definition) is 11. The lowest BCUT2D eigenvalue weighted by atomic mass is 9.95. The molecule has 0 unspecified atom stereocenters. The van der Waals surface area contributed by atoms with Gasteiger partial charge in [0.15, 0.2) is 12.1 Å². The molecule has 6 rings (SSSR count). The second-order valence-electron chi connectivity index (χ2n) is 13.1. The summed E-state index contributed by atoms with van der Waals surface area (Å²) in [5, 5.41) is 112. The first-order chi connectivity index (χ1) is 24.7. The molecule has 3 saturated heterocycles. The van der Waals surface area contributed by atoms with Crippen molar-refractivity contribution < 1.29 is 94.1 Å². The zero-order chi connectivity index (χ0) is 37.6. The summed E-state index contributed by atoms with van der Waals surface area (Å²) < 4.78 is 39.2. The number of aliphatic hydroxyl groups excluding tert-OH is 10. The zero-order valence-electron chi connectivity index (χ0n) is 27.5. The Bertz CT molecular complexity index is 1540. The maximum Gasteiger partial charge on any atom is 0.229 e. The van der Waals surface area contributed by atoms with Gasteiger partial charge in [-0.3, -0.25) is 4.79 Å². The van der Waals surface area contributed by atoms with Crippen LogP contribution in [0.4, 0.5) is 0 Å². The summed E-state index contributed by atoms with van der Waals surface area (Å²) in [6.07, 6.45) is -23.7. The van der Waals surface area contributed by atoms with E-state index < -0.39 is 123 Å². The Morgan fingerprint density at radius 3 is 1.87 bits per heavy atom. The number of Topliss-reactive ketones (excluding diaryl/α,β-unsaturated/α-hetero) is 1. The van der Waals surface area contributed by atoms with Gasteiger partial charge in [-0.25, -0.2) is 0 Å². The third kappa shape index (κ3) is 7.56. The molecule has 0 aliphatic carbocycles. The number of hydrogen-bond acceptors (Lipinski definition) is 19. The zero-order valence-corrected chi connectivity index (χ0v) is 27.5. The van der Waals surface area contributed by atoms with Crippen molar-refractivity contribution >= 4 is 5.78 Å². The molecule has 0 amide bonds. The van der Waals surface area contributed by atoms with Crippen molar-refractivity contribution in [1.82, 2.24) is 0 Å². The fraction of sp³-hybridized carbons (Fsp3) is 0.606. The highest BCUT2D eigenvalue weighted by atomic mass is 16.7. The van der Waals surface area contributed by atoms with E-state index in [1.807, 2.05) is 0 Å². The second kappa shape index (κ2) is 15.6. The van der Waals surface area contributed by atoms with Crippen LogP contribution >= 0.6 is 0 Å². The van der Waals surface area contributed by atoms with Gasteiger partial charge in [0.25, 0.3) is 0 Å². The van der Waals surface area contributed by atoms with Crippen LogP contribution in [0.5, 0.6) is 23.0 Å². The fourth-order valence-corrected chi connectivity index (χ4v) is 6.36. The van der Waals surface area contributed by atoms with Gasteiger partial charge in [0.2, 0.25) is 12.6 Å². The molecule has 288 valence electrons. The number of ketones is 1. The SMILES string of the molecule is C[C@@H]1O[C@@H](OC[C@H]2O[C@@H](Oc3cc(O)c4c(c3)O[C@@H](c3ccc(O[C@@H]5O[C@H](CO)[C@@H](O)[C@H](O)[C@H]5O)cc3)CC4=O)[C@H](O)[C@@H](O)[C@@H]2O)[C@H](O)[C@H](O)[C@H]1O. The number of phenolic OH excluding ortho intramolecular Hbond substituents is 1. The first-order valence-corrected chi connectivity index (χ1v) is 16.5. The van der Waals surface area contributed by atoms with Crippen molar-refractivity contribution in [2.24, 2.45) is 0 Å². The van der Waals surface area contributed by atoms with Crippen LogP contribution in [0.15, 0.2) is 36.4 Å². The third-order valence-corrected chi connectivity index (χ3v) is 9.48. The van der Waals surface area contributed by atoms with Crippen molar-refractivity contribution in [3.8, 4) is 23.0 Å². The molecule has 52 heavy (non-hydrogen) atoms. The number of carbonyl (C=O) groups excluding carboxylic acids is 1. The topological polar surface area (TPSA) is 304 Å². The molecule has 4 aliphatic rings. The lowest BCUT2D eigenvalue weighted by Crippen LogP contribution is -2.61. The van der Waals surface area contributed by atoms with Gasteiger partial charge in [-0.2, -0.15) is 0 Å². The molecule has 2 aromatic carbocycles. The molecule has 19 heteroatoms. The van der Waals surface area contributed by atoms with E-state index in [0.717, 1.165) is 6.07 Å². The molecule has 0 aromatic heterocycles. The molecule has 11 N–H and O–H groups in total. The standard InChI is InChI=1S/C33H42O19/c1-11-22(37)25(40)28(43)31(47-11)46-10-20-24(39)27(42)30(45)33(52-20)49-14-6-15(35)21-16(36)8-17(50-18(21)7-14)12-2-4-13(5-3-12)48-32-29(44)26(41)23(38)19(9-34)51-32/h2-7,11,17,19-20,22-35,37-45H,8-10H2,1H3/t11-,17+,19+,20+,22-,23+,24+,25+,26-,27-,28+,29+,30+,31+,32+,33+/m0/s1. The van der Waals surface area contributed by atoms with Crippen molar-refractivity contribution in [2.45, 2.75) is 112 Å². The number of rotatable bonds is 9.